The Morgan fingerprint density at radius 2 is 1.41 bits per heavy atom. The minimum atomic E-state index is -4.88. The zero-order valence-electron chi connectivity index (χ0n) is 15.4. The van der Waals surface area contributed by atoms with E-state index in [0.717, 1.165) is 18.2 Å². The maximum atomic E-state index is 12.6. The Kier molecular flexibility index (Phi) is 9.25. The van der Waals surface area contributed by atoms with E-state index in [1.54, 1.807) is 0 Å². The van der Waals surface area contributed by atoms with Crippen molar-refractivity contribution in [1.29, 1.82) is 0 Å². The summed E-state index contributed by atoms with van der Waals surface area (Å²) in [5.74, 6) is -1.76. The molecule has 1 aliphatic heterocycles. The molecule has 1 heterocycles. The van der Waals surface area contributed by atoms with E-state index in [4.69, 9.17) is 11.5 Å². The number of nitrogen functional groups attached to an aromatic ring is 1. The molecule has 29 heavy (non-hydrogen) atoms. The molecule has 2 radical (unpaired) electrons. The number of nitrogens with zero attached hydrogens (tertiary/aromatic N) is 1. The van der Waals surface area contributed by atoms with Gasteiger partial charge in [-0.2, -0.15) is 16.8 Å². The molecule has 0 aliphatic carbocycles. The fourth-order valence-electron chi connectivity index (χ4n) is 2.95. The predicted molar refractivity (Wildman–Crippen MR) is 104 cm³/mol. The summed E-state index contributed by atoms with van der Waals surface area (Å²) in [5, 5.41) is -0.380. The molecule has 0 spiro atoms. The van der Waals surface area contributed by atoms with E-state index in [-0.39, 0.29) is 138 Å². The smallest absolute Gasteiger partial charge is 0.296 e. The second-order valence-electron chi connectivity index (χ2n) is 5.73. The maximum Gasteiger partial charge on any atom is 0.296 e. The zero-order chi connectivity index (χ0) is 20.3. The summed E-state index contributed by atoms with van der Waals surface area (Å²) in [7, 11) is -9.67. The van der Waals surface area contributed by atoms with Gasteiger partial charge in [-0.3, -0.25) is 23.6 Å². The molecule has 2 aromatic rings. The fraction of sp³-hybridized carbons (Fsp3) is 0.143. The van der Waals surface area contributed by atoms with Gasteiger partial charge in [-0.1, -0.05) is 0 Å². The molecule has 0 saturated heterocycles. The number of hydrogen-bond donors (Lipinski definition) is 4. The average Bonchev–Trinajstić information content (AvgIpc) is 2.55. The van der Waals surface area contributed by atoms with Gasteiger partial charge >= 0.3 is 0 Å². The van der Waals surface area contributed by atoms with Crippen molar-refractivity contribution in [2.75, 3.05) is 18.8 Å². The molecule has 11 nitrogen and oxygen atoms in total. The third-order valence-electron chi connectivity index (χ3n) is 4.09. The van der Waals surface area contributed by atoms with E-state index >= 15 is 0 Å². The number of imide groups is 1. The molecule has 2 aromatic carbocycles. The third-order valence-corrected chi connectivity index (χ3v) is 5.82. The molecule has 0 bridgehead atoms. The Labute approximate surface area is 250 Å². The second kappa shape index (κ2) is 9.67. The Morgan fingerprint density at radius 1 is 0.897 bits per heavy atom. The maximum absolute atomic E-state index is 12.6. The predicted octanol–water partition coefficient (Wildman–Crippen LogP) is -1.29. The first-order valence-corrected chi connectivity index (χ1v) is 10.2. The van der Waals surface area contributed by atoms with Crippen LogP contribution in [-0.2, 0) is 20.2 Å². The molecule has 0 atom stereocenters. The Balaban J connectivity index is 0.00000210. The number of anilines is 1. The monoisotopic (exact) mass is 493 g/mol. The second-order valence-corrected chi connectivity index (χ2v) is 8.54. The first-order valence-electron chi connectivity index (χ1n) is 7.29. The van der Waals surface area contributed by atoms with Crippen molar-refractivity contribution in [1.82, 2.24) is 4.90 Å². The number of nitrogens with two attached hydrogens (primary N) is 2. The number of amides is 2. The largest absolute Gasteiger partial charge is 0.397 e. The van der Waals surface area contributed by atoms with Crippen molar-refractivity contribution >= 4 is 151 Å². The molecule has 0 aromatic heterocycles. The summed E-state index contributed by atoms with van der Waals surface area (Å²) in [4.78, 5) is 24.4. The van der Waals surface area contributed by atoms with E-state index in [0.29, 0.717) is 4.90 Å². The van der Waals surface area contributed by atoms with Crippen molar-refractivity contribution in [3.05, 3.63) is 29.3 Å². The number of carbonyl (C=O) groups is 2. The molecule has 6 N–H and O–H groups in total. The van der Waals surface area contributed by atoms with Crippen LogP contribution in [-0.4, -0.2) is 159 Å². The molecular formula is C14H13K2N3O8S2. The number of hydrogen-bond acceptors (Lipinski definition) is 8. The van der Waals surface area contributed by atoms with Crippen molar-refractivity contribution < 1.29 is 35.5 Å². The zero-order valence-corrected chi connectivity index (χ0v) is 23.3. The summed E-state index contributed by atoms with van der Waals surface area (Å²) in [6.07, 6.45) is 0. The van der Waals surface area contributed by atoms with E-state index in [1.807, 2.05) is 0 Å². The van der Waals surface area contributed by atoms with Crippen LogP contribution in [0.25, 0.3) is 10.8 Å². The van der Waals surface area contributed by atoms with E-state index in [2.05, 4.69) is 0 Å². The van der Waals surface area contributed by atoms with E-state index < -0.39 is 47.5 Å². The van der Waals surface area contributed by atoms with E-state index in [1.165, 1.54) is 0 Å². The van der Waals surface area contributed by atoms with Crippen molar-refractivity contribution in [3.63, 3.8) is 0 Å². The van der Waals surface area contributed by atoms with E-state index in [9.17, 15) is 35.5 Å². The van der Waals surface area contributed by atoms with Gasteiger partial charge in [0.2, 0.25) is 0 Å². The SMILES string of the molecule is NCCN1C(=O)c2cc(S(=O)(=O)O)cc3c(N)c(S(=O)(=O)O)cc(c23)C1=O.[K].[K]. The standard InChI is InChI=1S/C14H13N3O8S2.2K/c15-1-2-17-13(18)8-4-6(26(20,21)22)3-7-11(8)9(14(17)19)5-10(12(7)16)27(23,24)25;;/h3-5H,1-2,15-16H2,(H,20,21,22)(H,23,24,25);;. The average molecular weight is 494 g/mol. The topological polar surface area (TPSA) is 198 Å². The first-order chi connectivity index (χ1) is 12.4. The van der Waals surface area contributed by atoms with Gasteiger partial charge in [0.05, 0.1) is 21.7 Å². The van der Waals surface area contributed by atoms with Crippen LogP contribution in [0.1, 0.15) is 20.7 Å². The number of rotatable bonds is 4. The van der Waals surface area contributed by atoms with Crippen LogP contribution in [0, 0.1) is 0 Å². The van der Waals surface area contributed by atoms with Gasteiger partial charge in [-0.25, -0.2) is 0 Å². The van der Waals surface area contributed by atoms with Gasteiger partial charge in [-0.15, -0.1) is 0 Å². The minimum absolute atomic E-state index is 0. The van der Waals surface area contributed by atoms with Gasteiger partial charge in [0.1, 0.15) is 4.90 Å². The van der Waals surface area contributed by atoms with Gasteiger partial charge in [0.15, 0.2) is 0 Å². The summed E-state index contributed by atoms with van der Waals surface area (Å²) in [6, 6.07) is 2.48. The normalized spacial score (nSPS) is 13.8. The number of benzene rings is 2. The molecule has 146 valence electrons. The van der Waals surface area contributed by atoms with Gasteiger partial charge in [0, 0.05) is 127 Å². The summed E-state index contributed by atoms with van der Waals surface area (Å²) >= 11 is 0. The molecule has 0 fully saturated rings. The quantitative estimate of drug-likeness (QED) is 0.172. The molecule has 2 amide bonds. The molecular weight excluding hydrogens is 480 g/mol. The Morgan fingerprint density at radius 3 is 1.86 bits per heavy atom. The molecule has 15 heteroatoms. The van der Waals surface area contributed by atoms with Crippen LogP contribution >= 0.6 is 0 Å². The van der Waals surface area contributed by atoms with Gasteiger partial charge in [0.25, 0.3) is 32.1 Å². The Hall–Kier alpha value is 0.693. The van der Waals surface area contributed by atoms with Crippen molar-refractivity contribution in [2.45, 2.75) is 9.79 Å². The van der Waals surface area contributed by atoms with Crippen LogP contribution in [0.3, 0.4) is 0 Å². The summed E-state index contributed by atoms with van der Waals surface area (Å²) in [6.45, 7) is -0.325. The molecule has 1 aliphatic rings. The third kappa shape index (κ3) is 5.04. The minimum Gasteiger partial charge on any atom is -0.397 e. The summed E-state index contributed by atoms with van der Waals surface area (Å²) in [5.41, 5.74) is 10.00. The Bertz CT molecular complexity index is 1220. The molecule has 3 rings (SSSR count). The van der Waals surface area contributed by atoms with Crippen molar-refractivity contribution in [2.24, 2.45) is 5.73 Å². The van der Waals surface area contributed by atoms with Gasteiger partial charge < -0.3 is 11.5 Å². The fourth-order valence-corrected chi connectivity index (χ4v) is 4.14. The summed E-state index contributed by atoms with van der Waals surface area (Å²) < 4.78 is 65.1. The van der Waals surface area contributed by atoms with Crippen LogP contribution in [0.2, 0.25) is 0 Å². The van der Waals surface area contributed by atoms with Crippen LogP contribution in [0.5, 0.6) is 0 Å². The van der Waals surface area contributed by atoms with Crippen LogP contribution in [0.4, 0.5) is 5.69 Å². The molecule has 0 unspecified atom stereocenters. The van der Waals surface area contributed by atoms with Crippen LogP contribution < -0.4 is 11.5 Å². The number of carbonyl (C=O) groups excluding carboxylic acids is 2. The molecule has 0 saturated carbocycles. The van der Waals surface area contributed by atoms with Gasteiger partial charge in [-0.05, 0) is 18.2 Å². The van der Waals surface area contributed by atoms with Crippen molar-refractivity contribution in [3.8, 4) is 0 Å². The first kappa shape index (κ1) is 27.7. The van der Waals surface area contributed by atoms with Crippen LogP contribution in [0.15, 0.2) is 28.0 Å².